The molecule has 0 unspecified atom stereocenters. The molecule has 0 amide bonds. The van der Waals surface area contributed by atoms with Crippen LogP contribution < -0.4 is 0 Å². The van der Waals surface area contributed by atoms with Crippen LogP contribution in [0.4, 0.5) is 0 Å². The first kappa shape index (κ1) is 16.1. The molecule has 0 heterocycles. The van der Waals surface area contributed by atoms with Gasteiger partial charge in [0.15, 0.2) is 0 Å². The van der Waals surface area contributed by atoms with Crippen molar-refractivity contribution in [3.63, 3.8) is 0 Å². The molecule has 7 heavy (non-hydrogen) atoms. The minimum atomic E-state index is -4.61. The maximum absolute atomic E-state index is 7.33. The first-order chi connectivity index (χ1) is 2.00. The molecule has 34 valence electrons. The topological polar surface area (TPSA) is 80.9 Å². The van der Waals surface area contributed by atoms with Crippen molar-refractivity contribution in [3.8, 4) is 0 Å². The van der Waals surface area contributed by atoms with Gasteiger partial charge in [-0.25, -0.2) is 0 Å². The van der Waals surface area contributed by atoms with E-state index in [4.69, 9.17) is 19.2 Å². The van der Waals surface area contributed by atoms with Crippen molar-refractivity contribution in [1.82, 2.24) is 0 Å². The third-order valence-corrected chi connectivity index (χ3v) is 0. The molecular weight excluding hydrogens is 138 g/mol. The van der Waals surface area contributed by atoms with Gasteiger partial charge in [0, 0.05) is 70.2 Å². The summed E-state index contributed by atoms with van der Waals surface area (Å²) < 4.78 is 0. The van der Waals surface area contributed by atoms with Gasteiger partial charge in [-0.3, -0.25) is 0 Å². The fraction of sp³-hybridized carbons (Fsp3) is 0. The minimum Gasteiger partial charge on any atom is -0.368 e. The Balaban J connectivity index is -0.0000000800. The first-order valence-corrected chi connectivity index (χ1v) is 2.68. The van der Waals surface area contributed by atoms with Gasteiger partial charge < -0.3 is 19.2 Å². The van der Waals surface area contributed by atoms with Gasteiger partial charge in [0.1, 0.15) is 0 Å². The summed E-state index contributed by atoms with van der Waals surface area (Å²) in [6, 6.07) is 0. The Bertz CT molecular complexity index is 27.2. The zero-order valence-electron chi connectivity index (χ0n) is 4.29. The van der Waals surface area contributed by atoms with Crippen LogP contribution >= 0.6 is 0 Å². The maximum atomic E-state index is 7.33. The standard InChI is InChI=1S/K.Li.H4O4Si/c;;1-5(2,3)4/h;;1-4H. The average molecular weight is 142 g/mol. The summed E-state index contributed by atoms with van der Waals surface area (Å²) in [6.07, 6.45) is 0. The van der Waals surface area contributed by atoms with Crippen LogP contribution in [0.1, 0.15) is 0 Å². The van der Waals surface area contributed by atoms with E-state index in [0.29, 0.717) is 0 Å². The molecule has 0 aliphatic carbocycles. The van der Waals surface area contributed by atoms with Crippen molar-refractivity contribution < 1.29 is 19.2 Å². The molecule has 7 heteroatoms. The van der Waals surface area contributed by atoms with E-state index in [1.807, 2.05) is 0 Å². The van der Waals surface area contributed by atoms with E-state index in [1.165, 1.54) is 0 Å². The van der Waals surface area contributed by atoms with E-state index in [0.717, 1.165) is 0 Å². The zero-order valence-corrected chi connectivity index (χ0v) is 8.41. The molecule has 0 saturated carbocycles. The van der Waals surface area contributed by atoms with Crippen molar-refractivity contribution >= 4 is 79.3 Å². The summed E-state index contributed by atoms with van der Waals surface area (Å²) in [4.78, 5) is 29.3. The van der Waals surface area contributed by atoms with Crippen LogP contribution in [0.2, 0.25) is 0 Å². The fourth-order valence-corrected chi connectivity index (χ4v) is 0. The Morgan fingerprint density at radius 3 is 0.857 bits per heavy atom. The third kappa shape index (κ3) is 62.5. The smallest absolute Gasteiger partial charge is 0.368 e. The molecule has 0 saturated heterocycles. The SMILES string of the molecule is O[Si](O)(O)O.[K].[Li]. The number of hydrogen-bond donors (Lipinski definition) is 4. The van der Waals surface area contributed by atoms with Crippen molar-refractivity contribution in [2.45, 2.75) is 0 Å². The molecule has 2 radical (unpaired) electrons. The minimum absolute atomic E-state index is 0. The average Bonchev–Trinajstić information content (AvgIpc) is 0.722. The summed E-state index contributed by atoms with van der Waals surface area (Å²) in [5, 5.41) is 0. The molecule has 4 N–H and O–H groups in total. The van der Waals surface area contributed by atoms with E-state index in [2.05, 4.69) is 0 Å². The second-order valence-electron chi connectivity index (χ2n) is 0.600. The number of rotatable bonds is 0. The largest absolute Gasteiger partial charge is 0.668 e. The molecule has 0 aromatic heterocycles. The van der Waals surface area contributed by atoms with Crippen molar-refractivity contribution in [2.75, 3.05) is 0 Å². The summed E-state index contributed by atoms with van der Waals surface area (Å²) in [6.45, 7) is 0. The summed E-state index contributed by atoms with van der Waals surface area (Å²) in [5.41, 5.74) is 0. The van der Waals surface area contributed by atoms with Gasteiger partial charge in [0.25, 0.3) is 0 Å². The van der Waals surface area contributed by atoms with Crippen LogP contribution in [-0.2, 0) is 0 Å². The Hall–Kier alpha value is 2.29. The van der Waals surface area contributed by atoms with Gasteiger partial charge >= 0.3 is 9.05 Å². The van der Waals surface area contributed by atoms with E-state index in [-0.39, 0.29) is 70.2 Å². The van der Waals surface area contributed by atoms with Crippen molar-refractivity contribution in [1.29, 1.82) is 0 Å². The molecule has 0 spiro atoms. The second-order valence-corrected chi connectivity index (χ2v) is 1.80. The van der Waals surface area contributed by atoms with Crippen LogP contribution in [0.15, 0.2) is 0 Å². The molecular formula is H4KLiO4Si. The van der Waals surface area contributed by atoms with Gasteiger partial charge in [0.2, 0.25) is 0 Å². The van der Waals surface area contributed by atoms with Gasteiger partial charge in [-0.1, -0.05) is 0 Å². The Labute approximate surface area is 96.6 Å². The molecule has 0 aliphatic rings. The molecule has 0 aliphatic heterocycles. The first-order valence-electron chi connectivity index (χ1n) is 0.894. The van der Waals surface area contributed by atoms with Gasteiger partial charge in [-0.2, -0.15) is 0 Å². The van der Waals surface area contributed by atoms with Crippen LogP contribution in [-0.4, -0.2) is 98.5 Å². The Kier molecular flexibility index (Phi) is 14.8. The monoisotopic (exact) mass is 142 g/mol. The summed E-state index contributed by atoms with van der Waals surface area (Å²) in [5.74, 6) is 0. The van der Waals surface area contributed by atoms with Gasteiger partial charge in [0.05, 0.1) is 0 Å². The maximum Gasteiger partial charge on any atom is 0.668 e. The Morgan fingerprint density at radius 2 is 0.857 bits per heavy atom. The summed E-state index contributed by atoms with van der Waals surface area (Å²) in [7, 11) is -4.61. The van der Waals surface area contributed by atoms with Gasteiger partial charge in [-0.15, -0.1) is 0 Å². The quantitative estimate of drug-likeness (QED) is 0.266. The Morgan fingerprint density at radius 1 is 0.857 bits per heavy atom. The third-order valence-electron chi connectivity index (χ3n) is 0. The second kappa shape index (κ2) is 6.41. The van der Waals surface area contributed by atoms with E-state index < -0.39 is 9.05 Å². The number of hydrogen-bond acceptors (Lipinski definition) is 4. The van der Waals surface area contributed by atoms with Gasteiger partial charge in [-0.05, 0) is 0 Å². The van der Waals surface area contributed by atoms with Crippen LogP contribution in [0.3, 0.4) is 0 Å². The van der Waals surface area contributed by atoms with Crippen LogP contribution in [0.5, 0.6) is 0 Å². The summed E-state index contributed by atoms with van der Waals surface area (Å²) >= 11 is 0. The molecule has 0 bridgehead atoms. The van der Waals surface area contributed by atoms with Crippen molar-refractivity contribution in [3.05, 3.63) is 0 Å². The fourth-order valence-electron chi connectivity index (χ4n) is 0. The normalized spacial score (nSPS) is 8.57. The van der Waals surface area contributed by atoms with Crippen LogP contribution in [0.25, 0.3) is 0 Å². The molecule has 0 aromatic rings. The predicted octanol–water partition coefficient (Wildman–Crippen LogP) is -3.37. The molecule has 0 aromatic carbocycles. The van der Waals surface area contributed by atoms with E-state index in [1.54, 1.807) is 0 Å². The molecule has 0 atom stereocenters. The van der Waals surface area contributed by atoms with Crippen molar-refractivity contribution in [2.24, 2.45) is 0 Å². The molecule has 4 nitrogen and oxygen atoms in total. The molecule has 0 rings (SSSR count). The van der Waals surface area contributed by atoms with E-state index in [9.17, 15) is 0 Å². The predicted molar refractivity (Wildman–Crippen MR) is 26.1 cm³/mol. The van der Waals surface area contributed by atoms with E-state index >= 15 is 0 Å². The zero-order chi connectivity index (χ0) is 4.50. The molecule has 0 fully saturated rings. The van der Waals surface area contributed by atoms with Crippen LogP contribution in [0, 0.1) is 0 Å².